The largest absolute Gasteiger partial charge is 0.325 e. The van der Waals surface area contributed by atoms with E-state index in [4.69, 9.17) is 0 Å². The number of carbonyl (C=O) groups excluding carboxylic acids is 2. The van der Waals surface area contributed by atoms with E-state index in [-0.39, 0.29) is 11.8 Å². The number of fused-ring (bicyclic) bond motifs is 1. The minimum atomic E-state index is -0.902. The number of amides is 2. The molecule has 1 fully saturated rings. The van der Waals surface area contributed by atoms with Gasteiger partial charge in [0.25, 0.3) is 0 Å². The molecule has 0 spiro atoms. The van der Waals surface area contributed by atoms with Gasteiger partial charge in [0.2, 0.25) is 11.8 Å². The highest BCUT2D eigenvalue weighted by atomic mass is 16.2. The molecule has 1 aliphatic heterocycles. The Bertz CT molecular complexity index is 883. The first-order valence-electron chi connectivity index (χ1n) is 9.30. The van der Waals surface area contributed by atoms with Gasteiger partial charge in [0.15, 0.2) is 0 Å². The Balaban J connectivity index is 1.58. The van der Waals surface area contributed by atoms with Crippen LogP contribution in [-0.2, 0) is 16.0 Å². The van der Waals surface area contributed by atoms with Crippen LogP contribution in [0.5, 0.6) is 0 Å². The van der Waals surface area contributed by atoms with Crippen molar-refractivity contribution < 1.29 is 9.59 Å². The molecular weight excluding hydrogens is 324 g/mol. The van der Waals surface area contributed by atoms with Crippen LogP contribution >= 0.6 is 0 Å². The summed E-state index contributed by atoms with van der Waals surface area (Å²) in [7, 11) is 0. The smallest absolute Gasteiger partial charge is 0.242 e. The van der Waals surface area contributed by atoms with Crippen molar-refractivity contribution in [2.45, 2.75) is 39.5 Å². The van der Waals surface area contributed by atoms with Crippen molar-refractivity contribution in [3.8, 4) is 0 Å². The number of nitrogens with one attached hydrogen (secondary N) is 1. The van der Waals surface area contributed by atoms with Crippen molar-refractivity contribution in [3.05, 3.63) is 59.2 Å². The van der Waals surface area contributed by atoms with Gasteiger partial charge >= 0.3 is 0 Å². The maximum Gasteiger partial charge on any atom is 0.242 e. The van der Waals surface area contributed by atoms with Crippen LogP contribution in [0.2, 0.25) is 0 Å². The van der Waals surface area contributed by atoms with Gasteiger partial charge in [-0.25, -0.2) is 0 Å². The third kappa shape index (κ3) is 2.70. The van der Waals surface area contributed by atoms with Crippen molar-refractivity contribution in [1.82, 2.24) is 0 Å². The first kappa shape index (κ1) is 16.8. The fourth-order valence-corrected chi connectivity index (χ4v) is 3.79. The number of carbonyl (C=O) groups is 2. The first-order valence-corrected chi connectivity index (χ1v) is 9.30. The number of para-hydroxylation sites is 1. The van der Waals surface area contributed by atoms with E-state index in [1.165, 1.54) is 5.56 Å². The van der Waals surface area contributed by atoms with Crippen molar-refractivity contribution in [2.24, 2.45) is 5.41 Å². The van der Waals surface area contributed by atoms with Gasteiger partial charge in [-0.05, 0) is 68.4 Å². The van der Waals surface area contributed by atoms with Gasteiger partial charge in [-0.1, -0.05) is 30.3 Å². The molecule has 2 aliphatic rings. The fraction of sp³-hybridized carbons (Fsp3) is 0.364. The molecule has 4 nitrogen and oxygen atoms in total. The van der Waals surface area contributed by atoms with Gasteiger partial charge in [0, 0.05) is 17.9 Å². The number of aryl methyl sites for hydroxylation is 2. The van der Waals surface area contributed by atoms with E-state index in [9.17, 15) is 9.59 Å². The van der Waals surface area contributed by atoms with Gasteiger partial charge in [0.05, 0.1) is 0 Å². The molecule has 2 aromatic carbocycles. The fourth-order valence-electron chi connectivity index (χ4n) is 3.79. The highest BCUT2D eigenvalue weighted by Crippen LogP contribution is 2.49. The summed E-state index contributed by atoms with van der Waals surface area (Å²) in [6.07, 6.45) is 3.18. The second-order valence-corrected chi connectivity index (χ2v) is 7.47. The molecule has 1 N–H and O–H groups in total. The van der Waals surface area contributed by atoms with Crippen LogP contribution in [-0.4, -0.2) is 18.4 Å². The van der Waals surface area contributed by atoms with Crippen LogP contribution in [0.15, 0.2) is 42.5 Å². The molecule has 0 radical (unpaired) electrons. The lowest BCUT2D eigenvalue weighted by Gasteiger charge is -2.32. The van der Waals surface area contributed by atoms with Crippen LogP contribution in [0.25, 0.3) is 0 Å². The lowest BCUT2D eigenvalue weighted by atomic mass is 9.97. The SMILES string of the molecule is Cc1cccc(NC(=O)C2(C(=O)N3CCCc4ccccc43)CC2)c1C. The molecular formula is C22H24N2O2. The molecule has 1 heterocycles. The van der Waals surface area contributed by atoms with Crippen LogP contribution in [0.1, 0.15) is 36.0 Å². The Morgan fingerprint density at radius 3 is 2.58 bits per heavy atom. The number of rotatable bonds is 3. The minimum Gasteiger partial charge on any atom is -0.325 e. The first-order chi connectivity index (χ1) is 12.5. The Kier molecular flexibility index (Phi) is 4.06. The van der Waals surface area contributed by atoms with Gasteiger partial charge in [0.1, 0.15) is 5.41 Å². The molecule has 2 amide bonds. The lowest BCUT2D eigenvalue weighted by molar-refractivity contribution is -0.132. The summed E-state index contributed by atoms with van der Waals surface area (Å²) in [5.74, 6) is -0.216. The van der Waals surface area contributed by atoms with E-state index in [0.29, 0.717) is 19.4 Å². The summed E-state index contributed by atoms with van der Waals surface area (Å²) in [6, 6.07) is 13.9. The minimum absolute atomic E-state index is 0.0487. The number of nitrogens with zero attached hydrogens (tertiary/aromatic N) is 1. The predicted molar refractivity (Wildman–Crippen MR) is 103 cm³/mol. The molecule has 0 unspecified atom stereocenters. The Morgan fingerprint density at radius 2 is 1.81 bits per heavy atom. The Morgan fingerprint density at radius 1 is 1.04 bits per heavy atom. The zero-order valence-electron chi connectivity index (χ0n) is 15.3. The van der Waals surface area contributed by atoms with E-state index in [1.807, 2.05) is 55.1 Å². The summed E-state index contributed by atoms with van der Waals surface area (Å²) in [5, 5.41) is 3.01. The summed E-state index contributed by atoms with van der Waals surface area (Å²) >= 11 is 0. The predicted octanol–water partition coefficient (Wildman–Crippen LogP) is 4.00. The molecule has 134 valence electrons. The molecule has 0 saturated heterocycles. The van der Waals surface area contributed by atoms with Crippen LogP contribution in [0.4, 0.5) is 11.4 Å². The molecule has 1 aliphatic carbocycles. The van der Waals surface area contributed by atoms with Crippen molar-refractivity contribution in [1.29, 1.82) is 0 Å². The zero-order valence-corrected chi connectivity index (χ0v) is 15.3. The number of hydrogen-bond donors (Lipinski definition) is 1. The molecule has 4 rings (SSSR count). The summed E-state index contributed by atoms with van der Waals surface area (Å²) < 4.78 is 0. The summed E-state index contributed by atoms with van der Waals surface area (Å²) in [4.78, 5) is 28.1. The third-order valence-electron chi connectivity index (χ3n) is 5.80. The molecule has 2 aromatic rings. The van der Waals surface area contributed by atoms with Gasteiger partial charge < -0.3 is 10.2 Å². The summed E-state index contributed by atoms with van der Waals surface area (Å²) in [6.45, 7) is 4.70. The van der Waals surface area contributed by atoms with E-state index >= 15 is 0 Å². The van der Waals surface area contributed by atoms with Crippen molar-refractivity contribution in [3.63, 3.8) is 0 Å². The zero-order chi connectivity index (χ0) is 18.3. The quantitative estimate of drug-likeness (QED) is 0.852. The van der Waals surface area contributed by atoms with Crippen LogP contribution < -0.4 is 10.2 Å². The standard InChI is InChI=1S/C22H24N2O2/c1-15-7-5-10-18(16(15)2)23-20(25)22(12-13-22)21(26)24-14-6-9-17-8-3-4-11-19(17)24/h3-5,7-8,10-11H,6,9,12-14H2,1-2H3,(H,23,25). The number of hydrogen-bond acceptors (Lipinski definition) is 2. The van der Waals surface area contributed by atoms with Crippen LogP contribution in [0, 0.1) is 19.3 Å². The normalized spacial score (nSPS) is 17.4. The lowest BCUT2D eigenvalue weighted by Crippen LogP contribution is -2.45. The number of benzene rings is 2. The average molecular weight is 348 g/mol. The number of anilines is 2. The highest BCUT2D eigenvalue weighted by Gasteiger charge is 2.58. The maximum absolute atomic E-state index is 13.3. The topological polar surface area (TPSA) is 49.4 Å². The van der Waals surface area contributed by atoms with E-state index in [1.54, 1.807) is 0 Å². The molecule has 0 atom stereocenters. The van der Waals surface area contributed by atoms with Crippen molar-refractivity contribution >= 4 is 23.2 Å². The van der Waals surface area contributed by atoms with E-state index < -0.39 is 5.41 Å². The summed E-state index contributed by atoms with van der Waals surface area (Å²) in [5.41, 5.74) is 4.23. The Hall–Kier alpha value is -2.62. The average Bonchev–Trinajstić information content (AvgIpc) is 3.46. The van der Waals surface area contributed by atoms with Gasteiger partial charge in [-0.3, -0.25) is 9.59 Å². The van der Waals surface area contributed by atoms with E-state index in [2.05, 4.69) is 11.4 Å². The van der Waals surface area contributed by atoms with Gasteiger partial charge in [-0.2, -0.15) is 0 Å². The Labute approximate surface area is 154 Å². The van der Waals surface area contributed by atoms with E-state index in [0.717, 1.165) is 35.3 Å². The van der Waals surface area contributed by atoms with Gasteiger partial charge in [-0.15, -0.1) is 0 Å². The molecule has 4 heteroatoms. The van der Waals surface area contributed by atoms with Crippen LogP contribution in [0.3, 0.4) is 0 Å². The molecule has 26 heavy (non-hydrogen) atoms. The monoisotopic (exact) mass is 348 g/mol. The second kappa shape index (κ2) is 6.27. The van der Waals surface area contributed by atoms with Crippen molar-refractivity contribution in [2.75, 3.05) is 16.8 Å². The highest BCUT2D eigenvalue weighted by molar-refractivity contribution is 6.18. The molecule has 1 saturated carbocycles. The second-order valence-electron chi connectivity index (χ2n) is 7.47. The molecule has 0 aromatic heterocycles. The third-order valence-corrected chi connectivity index (χ3v) is 5.80. The maximum atomic E-state index is 13.3. The molecule has 0 bridgehead atoms.